The second-order valence-electron chi connectivity index (χ2n) is 12.8. The first-order chi connectivity index (χ1) is 27.7. The first-order valence-electron chi connectivity index (χ1n) is 18.4. The van der Waals surface area contributed by atoms with Gasteiger partial charge >= 0.3 is 27.2 Å². The molecule has 15 heteroatoms. The van der Waals surface area contributed by atoms with Crippen LogP contribution < -0.4 is 12.4 Å². The molecule has 0 fully saturated rings. The van der Waals surface area contributed by atoms with Crippen molar-refractivity contribution in [2.45, 2.75) is 63.7 Å². The largest absolute Gasteiger partial charge is 0.255 e. The minimum absolute atomic E-state index is 0. The van der Waals surface area contributed by atoms with E-state index in [1.165, 1.54) is 17.6 Å². The summed E-state index contributed by atoms with van der Waals surface area (Å²) in [5.74, 6) is 0. The first-order valence-corrected chi connectivity index (χ1v) is 21.5. The number of pyridine rings is 4. The fourth-order valence-electron chi connectivity index (χ4n) is 6.37. The molecule has 12 nitrogen and oxygen atoms in total. The summed E-state index contributed by atoms with van der Waals surface area (Å²) < 4.78 is 8.90. The van der Waals surface area contributed by atoms with E-state index in [0.717, 1.165) is 48.5 Å². The van der Waals surface area contributed by atoms with Crippen LogP contribution in [0.2, 0.25) is 0 Å². The molecule has 4 atom stereocenters. The summed E-state index contributed by atoms with van der Waals surface area (Å²) in [6, 6.07) is 24.6. The minimum Gasteiger partial charge on any atom is -0.255 e. The van der Waals surface area contributed by atoms with Crippen molar-refractivity contribution >= 4 is 9.64 Å². The number of imidazole rings is 4. The summed E-state index contributed by atoms with van der Waals surface area (Å²) in [4.78, 5) is 33.9. The van der Waals surface area contributed by atoms with E-state index in [9.17, 15) is 0 Å². The maximum atomic E-state index is 4.67. The molecule has 0 saturated heterocycles. The van der Waals surface area contributed by atoms with Gasteiger partial charge in [0.2, 0.25) is 0 Å². The average Bonchev–Trinajstić information content (AvgIpc) is 4.14. The zero-order chi connectivity index (χ0) is 39.2. The minimum atomic E-state index is 0. The molecule has 0 N–H and O–H groups in total. The van der Waals surface area contributed by atoms with Crippen LogP contribution >= 0.6 is 9.64 Å². The Morgan fingerprint density at radius 2 is 0.772 bits per heavy atom. The molecular weight excluding hydrogens is 934 g/mol. The van der Waals surface area contributed by atoms with Crippen LogP contribution in [0.15, 0.2) is 172 Å². The molecule has 8 aromatic rings. The number of hydrogen-bond acceptors (Lipinski definition) is 8. The molecule has 0 aromatic carbocycles. The zero-order valence-corrected chi connectivity index (χ0v) is 35.8. The van der Waals surface area contributed by atoms with Crippen LogP contribution in [0.25, 0.3) is 22.8 Å². The first kappa shape index (κ1) is 44.4. The molecule has 0 saturated carbocycles. The van der Waals surface area contributed by atoms with E-state index >= 15 is 0 Å². The molecule has 0 amide bonds. The smallest absolute Gasteiger partial charge is 0.0886 e. The second kappa shape index (κ2) is 25.0. The molecule has 57 heavy (non-hydrogen) atoms. The second-order valence-corrected chi connectivity index (χ2v) is 12.8. The summed E-state index contributed by atoms with van der Waals surface area (Å²) in [5.41, 5.74) is 3.66. The molecule has 0 aliphatic carbocycles. The Kier molecular flexibility index (Phi) is 19.5. The number of aromatic nitrogens is 12. The molecule has 0 aliphatic heterocycles. The monoisotopic (exact) mass is 980 g/mol. The van der Waals surface area contributed by atoms with Gasteiger partial charge in [-0.15, -0.1) is 0 Å². The van der Waals surface area contributed by atoms with Gasteiger partial charge in [0.05, 0.1) is 48.1 Å². The predicted molar refractivity (Wildman–Crippen MR) is 216 cm³/mol. The van der Waals surface area contributed by atoms with Crippen LogP contribution in [-0.4, -0.2) is 58.1 Å². The topological polar surface area (TPSA) is 123 Å². The van der Waals surface area contributed by atoms with Crippen molar-refractivity contribution < 1.29 is 30.0 Å². The number of halogens is 2. The summed E-state index contributed by atoms with van der Waals surface area (Å²) in [6.07, 6.45) is 34.5. The van der Waals surface area contributed by atoms with Gasteiger partial charge in [0.1, 0.15) is 0 Å². The van der Waals surface area contributed by atoms with Gasteiger partial charge in [-0.05, 0) is 81.1 Å². The van der Waals surface area contributed by atoms with Crippen molar-refractivity contribution in [1.29, 1.82) is 0 Å². The van der Waals surface area contributed by atoms with E-state index in [-0.39, 0.29) is 12.4 Å². The van der Waals surface area contributed by atoms with E-state index < -0.39 is 0 Å². The van der Waals surface area contributed by atoms with Crippen molar-refractivity contribution in [2.24, 2.45) is 0 Å². The van der Waals surface area contributed by atoms with Crippen LogP contribution in [0.5, 0.6) is 0 Å². The van der Waals surface area contributed by atoms with Gasteiger partial charge in [-0.3, -0.25) is 19.9 Å². The fraction of sp³-hybridized carbons (Fsp3) is 0.238. The van der Waals surface area contributed by atoms with Crippen LogP contribution in [-0.2, 0) is 17.6 Å². The van der Waals surface area contributed by atoms with E-state index in [1.807, 2.05) is 129 Å². The molecule has 0 bridgehead atoms. The van der Waals surface area contributed by atoms with Gasteiger partial charge in [0.25, 0.3) is 0 Å². The Labute approximate surface area is 354 Å². The van der Waals surface area contributed by atoms with Crippen molar-refractivity contribution in [3.8, 4) is 22.8 Å². The van der Waals surface area contributed by atoms with Crippen molar-refractivity contribution in [1.82, 2.24) is 58.1 Å². The normalized spacial score (nSPS) is 12.4. The molecular formula is C42H46Cl2N12Os-. The molecule has 8 aromatic heterocycles. The van der Waals surface area contributed by atoms with Crippen molar-refractivity contribution in [3.63, 3.8) is 0 Å². The van der Waals surface area contributed by atoms with Crippen LogP contribution in [0.4, 0.5) is 0 Å². The molecule has 297 valence electrons. The zero-order valence-electron chi connectivity index (χ0n) is 31.8. The van der Waals surface area contributed by atoms with Gasteiger partial charge in [-0.1, -0.05) is 31.2 Å². The third-order valence-corrected chi connectivity index (χ3v) is 9.23. The van der Waals surface area contributed by atoms with E-state index in [1.54, 1.807) is 24.8 Å². The summed E-state index contributed by atoms with van der Waals surface area (Å²) in [6.45, 7) is 4.49. The number of rotatable bonds is 13. The molecule has 4 unspecified atom stereocenters. The van der Waals surface area contributed by atoms with E-state index in [0.29, 0.717) is 24.2 Å². The number of hydrogen-bond donors (Lipinski definition) is 0. The summed E-state index contributed by atoms with van der Waals surface area (Å²) in [7, 11) is 4.67. The quantitative estimate of drug-likeness (QED) is 0.132. The van der Waals surface area contributed by atoms with Crippen molar-refractivity contribution in [2.75, 3.05) is 0 Å². The summed E-state index contributed by atoms with van der Waals surface area (Å²) >= 11 is 1.33. The van der Waals surface area contributed by atoms with Crippen LogP contribution in [0, 0.1) is 0 Å². The maximum Gasteiger partial charge on any atom is 0.0886 e. The SMILES string of the molecule is CCC(CC(CC(CC(C)n1ccnc1)n1ccnc1)n1ccnc1)n1ccnc1.[Cl-].[Cl][Os].c1ccc(-c2ccccn2)nc1.c1ccc(-c2ccccn2)nc1. The Hall–Kier alpha value is -5.34. The van der Waals surface area contributed by atoms with Crippen molar-refractivity contribution in [3.05, 3.63) is 172 Å². The standard InChI is InChI=1S/C22H30N8.2C10H8N2.2ClH.Os/c1-3-20(28-9-5-24-16-28)13-22(30-11-7-26-18-30)14-21(29-10-6-25-17-29)12-19(2)27-8-4-23-15-27;2*1-3-7-11-9(5-1)10-6-2-4-8-12-10;;;/h4-11,15-22H,3,12-14H2,1-2H3;2*1-8H;2*1H;/q;;;;;+1/p-2. The van der Waals surface area contributed by atoms with Gasteiger partial charge in [0.15, 0.2) is 0 Å². The average molecular weight is 980 g/mol. The van der Waals surface area contributed by atoms with Gasteiger partial charge < -0.3 is 30.7 Å². The van der Waals surface area contributed by atoms with Crippen LogP contribution in [0.1, 0.15) is 63.7 Å². The Morgan fingerprint density at radius 3 is 1.07 bits per heavy atom. The third kappa shape index (κ3) is 14.0. The predicted octanol–water partition coefficient (Wildman–Crippen LogP) is 6.32. The molecule has 0 aliphatic rings. The van der Waals surface area contributed by atoms with Crippen LogP contribution in [0.3, 0.4) is 0 Å². The van der Waals surface area contributed by atoms with Gasteiger partial charge in [-0.2, -0.15) is 0 Å². The van der Waals surface area contributed by atoms with E-state index in [4.69, 9.17) is 0 Å². The number of nitrogens with zero attached hydrogens (tertiary/aromatic N) is 12. The Bertz CT molecular complexity index is 1960. The molecule has 8 rings (SSSR count). The molecule has 0 radical (unpaired) electrons. The third-order valence-electron chi connectivity index (χ3n) is 9.23. The summed E-state index contributed by atoms with van der Waals surface area (Å²) in [5, 5.41) is 0. The van der Waals surface area contributed by atoms with Gasteiger partial charge in [-0.25, -0.2) is 19.9 Å². The Morgan fingerprint density at radius 1 is 0.456 bits per heavy atom. The molecule has 8 heterocycles. The molecule has 0 spiro atoms. The van der Waals surface area contributed by atoms with E-state index in [2.05, 4.69) is 100 Å². The maximum absolute atomic E-state index is 4.67. The Balaban J connectivity index is 0.000000218. The van der Waals surface area contributed by atoms with Gasteiger partial charge in [0, 0.05) is 98.5 Å². The fourth-order valence-corrected chi connectivity index (χ4v) is 6.37.